The second kappa shape index (κ2) is 13.5. The highest BCUT2D eigenvalue weighted by Gasteiger charge is 2.35. The van der Waals surface area contributed by atoms with Gasteiger partial charge >= 0.3 is 19.4 Å². The molecule has 1 aromatic heterocycles. The number of carbonyl (C=O) groups excluding carboxylic acids is 1. The van der Waals surface area contributed by atoms with Crippen molar-refractivity contribution in [1.29, 1.82) is 0 Å². The van der Waals surface area contributed by atoms with Crippen LogP contribution >= 0.6 is 7.75 Å². The van der Waals surface area contributed by atoms with Crippen LogP contribution in [0.25, 0.3) is 0 Å². The molecule has 0 aliphatic heterocycles. The lowest BCUT2D eigenvalue weighted by molar-refractivity contribution is -0.149. The van der Waals surface area contributed by atoms with Gasteiger partial charge in [0, 0.05) is 12.3 Å². The van der Waals surface area contributed by atoms with E-state index in [0.717, 1.165) is 16.8 Å². The van der Waals surface area contributed by atoms with Gasteiger partial charge in [-0.1, -0.05) is 18.2 Å². The highest BCUT2D eigenvalue weighted by atomic mass is 31.2. The van der Waals surface area contributed by atoms with E-state index in [0.29, 0.717) is 0 Å². The smallest absolute Gasteiger partial charge is 0.459 e. The van der Waals surface area contributed by atoms with E-state index in [1.807, 2.05) is 4.98 Å². The van der Waals surface area contributed by atoms with Crippen molar-refractivity contribution >= 4 is 13.7 Å². The number of para-hydroxylation sites is 1. The lowest BCUT2D eigenvalue weighted by Crippen LogP contribution is -2.40. The van der Waals surface area contributed by atoms with E-state index < -0.39 is 68.8 Å². The normalized spacial score (nSPS) is 16.5. The fourth-order valence-corrected chi connectivity index (χ4v) is 4.33. The Hall–Kier alpha value is -2.83. The number of carbonyl (C=O) groups is 1. The Morgan fingerprint density at radius 3 is 2.39 bits per heavy atom. The minimum absolute atomic E-state index is 0.161. The van der Waals surface area contributed by atoms with Gasteiger partial charge in [0.05, 0.1) is 18.8 Å². The van der Waals surface area contributed by atoms with E-state index in [1.54, 1.807) is 32.0 Å². The van der Waals surface area contributed by atoms with E-state index in [2.05, 4.69) is 5.09 Å². The molecule has 1 aromatic carbocycles. The third-order valence-corrected chi connectivity index (χ3v) is 6.24. The molecule has 0 fully saturated rings. The van der Waals surface area contributed by atoms with Gasteiger partial charge in [0.2, 0.25) is 0 Å². The number of benzene rings is 1. The SMILES string of the molecule is CC(C)OC(=O)[C@H](C)NP(=O)(OC[C@@H](O[C@H](CF)n1ccc(=O)[nH]c1=O)[C@@H](C)O)Oc1ccccc1. The first kappa shape index (κ1) is 29.4. The molecule has 2 aromatic rings. The van der Waals surface area contributed by atoms with E-state index in [1.165, 1.54) is 26.0 Å². The van der Waals surface area contributed by atoms with Crippen LogP contribution in [0.1, 0.15) is 33.9 Å². The van der Waals surface area contributed by atoms with Crippen molar-refractivity contribution < 1.29 is 37.4 Å². The van der Waals surface area contributed by atoms with Crippen molar-refractivity contribution in [2.75, 3.05) is 13.3 Å². The van der Waals surface area contributed by atoms with Gasteiger partial charge in [-0.25, -0.2) is 13.8 Å². The Balaban J connectivity index is 2.23. The van der Waals surface area contributed by atoms with E-state index in [-0.39, 0.29) is 5.75 Å². The number of H-pyrrole nitrogens is 1. The number of aromatic amines is 1. The van der Waals surface area contributed by atoms with Crippen LogP contribution in [-0.4, -0.2) is 58.3 Å². The quantitative estimate of drug-likeness (QED) is 0.243. The van der Waals surface area contributed by atoms with Crippen LogP contribution < -0.4 is 20.9 Å². The first-order valence-corrected chi connectivity index (χ1v) is 12.7. The monoisotopic (exact) mass is 531 g/mol. The van der Waals surface area contributed by atoms with Crippen LogP contribution in [0.3, 0.4) is 0 Å². The molecule has 200 valence electrons. The van der Waals surface area contributed by atoms with Crippen LogP contribution in [0.15, 0.2) is 52.2 Å². The summed E-state index contributed by atoms with van der Waals surface area (Å²) in [6, 6.07) is 7.90. The average molecular weight is 531 g/mol. The molecule has 0 saturated heterocycles. The summed E-state index contributed by atoms with van der Waals surface area (Å²) >= 11 is 0. The maximum absolute atomic E-state index is 13.7. The summed E-state index contributed by atoms with van der Waals surface area (Å²) in [5.41, 5.74) is -1.60. The predicted octanol–water partition coefficient (Wildman–Crippen LogP) is 1.90. The van der Waals surface area contributed by atoms with Crippen LogP contribution in [0.4, 0.5) is 4.39 Å². The molecule has 0 radical (unpaired) electrons. The first-order chi connectivity index (χ1) is 16.9. The summed E-state index contributed by atoms with van der Waals surface area (Å²) < 4.78 is 49.7. The Morgan fingerprint density at radius 2 is 1.83 bits per heavy atom. The summed E-state index contributed by atoms with van der Waals surface area (Å²) in [6.07, 6.45) is -3.47. The van der Waals surface area contributed by atoms with Gasteiger partial charge in [-0.2, -0.15) is 5.09 Å². The topological polar surface area (TPSA) is 158 Å². The summed E-state index contributed by atoms with van der Waals surface area (Å²) in [6.45, 7) is 4.25. The molecular formula is C22H31FN3O9P. The number of aliphatic hydroxyl groups is 1. The molecule has 5 atom stereocenters. The molecule has 12 nitrogen and oxygen atoms in total. The average Bonchev–Trinajstić information content (AvgIpc) is 2.79. The maximum Gasteiger partial charge on any atom is 0.459 e. The predicted molar refractivity (Wildman–Crippen MR) is 127 cm³/mol. The molecule has 0 bridgehead atoms. The Labute approximate surface area is 206 Å². The van der Waals surface area contributed by atoms with Gasteiger partial charge in [-0.15, -0.1) is 0 Å². The van der Waals surface area contributed by atoms with Gasteiger partial charge in [-0.3, -0.25) is 23.7 Å². The molecule has 1 unspecified atom stereocenters. The fourth-order valence-electron chi connectivity index (χ4n) is 2.83. The first-order valence-electron chi connectivity index (χ1n) is 11.1. The number of ether oxygens (including phenoxy) is 2. The molecule has 0 spiro atoms. The lowest BCUT2D eigenvalue weighted by atomic mass is 10.2. The molecule has 1 heterocycles. The minimum Gasteiger partial charge on any atom is -0.462 e. The molecular weight excluding hydrogens is 500 g/mol. The highest BCUT2D eigenvalue weighted by Crippen LogP contribution is 2.45. The number of nitrogens with zero attached hydrogens (tertiary/aromatic N) is 1. The van der Waals surface area contributed by atoms with Crippen molar-refractivity contribution in [3.63, 3.8) is 0 Å². The number of rotatable bonds is 14. The lowest BCUT2D eigenvalue weighted by Gasteiger charge is -2.28. The number of nitrogens with one attached hydrogen (secondary N) is 2. The van der Waals surface area contributed by atoms with Crippen molar-refractivity contribution in [3.8, 4) is 5.75 Å². The fraction of sp³-hybridized carbons (Fsp3) is 0.500. The molecule has 3 N–H and O–H groups in total. The summed E-state index contributed by atoms with van der Waals surface area (Å²) in [5, 5.41) is 12.7. The van der Waals surface area contributed by atoms with E-state index in [9.17, 15) is 28.4 Å². The second-order valence-electron chi connectivity index (χ2n) is 8.08. The molecule has 2 rings (SSSR count). The molecule has 0 aliphatic rings. The number of hydrogen-bond donors (Lipinski definition) is 3. The third kappa shape index (κ3) is 8.99. The van der Waals surface area contributed by atoms with Gasteiger partial charge in [0.25, 0.3) is 5.56 Å². The van der Waals surface area contributed by atoms with Crippen LogP contribution in [-0.2, 0) is 23.4 Å². The largest absolute Gasteiger partial charge is 0.462 e. The standard InChI is InChI=1S/C22H31FN3O9P/c1-14(2)33-21(29)15(3)25-36(31,35-17-8-6-5-7-9-17)32-13-18(16(4)27)34-20(12-23)26-11-10-19(28)24-22(26)30/h5-11,14-16,18,20,27H,12-13H2,1-4H3,(H,25,31)(H,24,28,30)/t15-,16+,18+,20+,36?/m0/s1. The second-order valence-corrected chi connectivity index (χ2v) is 9.77. The summed E-state index contributed by atoms with van der Waals surface area (Å²) in [4.78, 5) is 37.5. The van der Waals surface area contributed by atoms with E-state index >= 15 is 0 Å². The van der Waals surface area contributed by atoms with Crippen molar-refractivity contribution in [3.05, 3.63) is 63.4 Å². The molecule has 14 heteroatoms. The molecule has 0 aliphatic carbocycles. The number of alkyl halides is 1. The third-order valence-electron chi connectivity index (χ3n) is 4.60. The van der Waals surface area contributed by atoms with E-state index in [4.69, 9.17) is 18.5 Å². The van der Waals surface area contributed by atoms with Crippen LogP contribution in [0, 0.1) is 0 Å². The van der Waals surface area contributed by atoms with Crippen molar-refractivity contribution in [2.45, 2.75) is 58.3 Å². The Bertz CT molecular complexity index is 1140. The summed E-state index contributed by atoms with van der Waals surface area (Å²) in [7, 11) is -4.28. The zero-order chi connectivity index (χ0) is 26.9. The van der Waals surface area contributed by atoms with Gasteiger partial charge < -0.3 is 19.1 Å². The number of halogens is 1. The van der Waals surface area contributed by atoms with Crippen molar-refractivity contribution in [2.24, 2.45) is 0 Å². The van der Waals surface area contributed by atoms with Gasteiger partial charge in [-0.05, 0) is 39.8 Å². The number of esters is 1. The Morgan fingerprint density at radius 1 is 1.17 bits per heavy atom. The minimum atomic E-state index is -4.28. The molecule has 36 heavy (non-hydrogen) atoms. The van der Waals surface area contributed by atoms with Crippen molar-refractivity contribution in [1.82, 2.24) is 14.6 Å². The van der Waals surface area contributed by atoms with Gasteiger partial charge in [0.1, 0.15) is 24.6 Å². The Kier molecular flexibility index (Phi) is 11.0. The number of aromatic nitrogens is 2. The highest BCUT2D eigenvalue weighted by molar-refractivity contribution is 7.52. The van der Waals surface area contributed by atoms with Crippen LogP contribution in [0.5, 0.6) is 5.75 Å². The zero-order valence-electron chi connectivity index (χ0n) is 20.3. The number of aliphatic hydroxyl groups excluding tert-OH is 1. The number of hydrogen-bond acceptors (Lipinski definition) is 9. The van der Waals surface area contributed by atoms with Crippen LogP contribution in [0.2, 0.25) is 0 Å². The molecule has 0 saturated carbocycles. The summed E-state index contributed by atoms with van der Waals surface area (Å²) in [5.74, 6) is -0.544. The maximum atomic E-state index is 13.7. The zero-order valence-corrected chi connectivity index (χ0v) is 21.2. The molecule has 0 amide bonds. The van der Waals surface area contributed by atoms with Gasteiger partial charge in [0.15, 0.2) is 6.23 Å².